The van der Waals surface area contributed by atoms with Crippen LogP contribution < -0.4 is 11.5 Å². The first-order valence-corrected chi connectivity index (χ1v) is 14.1. The van der Waals surface area contributed by atoms with E-state index < -0.39 is 5.91 Å². The summed E-state index contributed by atoms with van der Waals surface area (Å²) in [5.74, 6) is 0.174. The third kappa shape index (κ3) is 7.72. The zero-order valence-corrected chi connectivity index (χ0v) is 24.5. The quantitative estimate of drug-likeness (QED) is 0.297. The second kappa shape index (κ2) is 14.3. The van der Waals surface area contributed by atoms with Crippen LogP contribution in [0, 0.1) is 0 Å². The van der Waals surface area contributed by atoms with Crippen molar-refractivity contribution in [1.82, 2.24) is 9.80 Å². The number of hydrogen-bond donors (Lipinski definition) is 2. The number of carbonyl (C=O) groups is 2. The number of aldehydes is 1. The molecule has 1 aliphatic rings. The van der Waals surface area contributed by atoms with Crippen molar-refractivity contribution >= 4 is 35.9 Å². The maximum atomic E-state index is 11.8. The topological polar surface area (TPSA) is 105 Å². The van der Waals surface area contributed by atoms with E-state index in [2.05, 4.69) is 56.0 Å². The number of amidine groups is 1. The largest absolute Gasteiger partial charge is 0.387 e. The Bertz CT molecular complexity index is 1350. The van der Waals surface area contributed by atoms with Crippen LogP contribution in [-0.4, -0.2) is 54.5 Å². The van der Waals surface area contributed by atoms with E-state index in [4.69, 9.17) is 16.5 Å². The molecule has 1 amide bonds. The summed E-state index contributed by atoms with van der Waals surface area (Å²) < 4.78 is 0. The summed E-state index contributed by atoms with van der Waals surface area (Å²) in [5, 5.41) is 0. The van der Waals surface area contributed by atoms with Gasteiger partial charge in [-0.2, -0.15) is 0 Å². The van der Waals surface area contributed by atoms with Gasteiger partial charge in [-0.3, -0.25) is 9.59 Å². The van der Waals surface area contributed by atoms with Crippen LogP contribution in [0.1, 0.15) is 74.9 Å². The average molecular weight is 542 g/mol. The normalized spacial score (nSPS) is 13.6. The molecule has 0 bridgehead atoms. The average Bonchev–Trinajstić information content (AvgIpc) is 3.08. The molecule has 1 aliphatic heterocycles. The summed E-state index contributed by atoms with van der Waals surface area (Å²) in [6.45, 7) is 10.6. The molecule has 0 saturated heterocycles. The van der Waals surface area contributed by atoms with Crippen molar-refractivity contribution < 1.29 is 9.59 Å². The number of carbonyl (C=O) groups excluding carboxylic acids is 2. The van der Waals surface area contributed by atoms with Crippen molar-refractivity contribution in [2.45, 2.75) is 53.4 Å². The third-order valence-corrected chi connectivity index (χ3v) is 6.96. The van der Waals surface area contributed by atoms with Gasteiger partial charge in [0.15, 0.2) is 6.29 Å². The minimum absolute atomic E-state index is 0.0992. The molecule has 3 rings (SSSR count). The summed E-state index contributed by atoms with van der Waals surface area (Å²) in [4.78, 5) is 32.1. The van der Waals surface area contributed by atoms with E-state index in [-0.39, 0.29) is 6.54 Å². The Kier molecular flexibility index (Phi) is 10.9. The van der Waals surface area contributed by atoms with E-state index in [1.165, 1.54) is 11.3 Å². The van der Waals surface area contributed by atoms with Gasteiger partial charge < -0.3 is 21.3 Å². The van der Waals surface area contributed by atoms with Crippen molar-refractivity contribution in [3.8, 4) is 11.1 Å². The predicted octanol–water partition coefficient (Wildman–Crippen LogP) is 6.14. The SMILES string of the molecule is CC/C=C(/C1=Cc2ccc(-c3ccc(C=O)c(/C=C(/C)N(C)CC(N)=O)c3)cc2N=C(N)C1)N(CCC)CCC. The standard InChI is InChI=1S/C33H43N5O2/c1-6-9-31(38(14-7-2)15-8-3)29-18-26-12-10-25(19-30(26)36-32(34)20-29)24-11-13-27(22-39)28(17-24)16-23(4)37(5)21-33(35)40/h9-13,16-19,22H,6-8,14-15,20-21H2,1-5H3,(H2,34,36)(H2,35,40)/b23-16-,31-9-. The first-order chi connectivity index (χ1) is 19.2. The highest BCUT2D eigenvalue weighted by Crippen LogP contribution is 2.35. The van der Waals surface area contributed by atoms with Crippen molar-refractivity contribution in [2.24, 2.45) is 16.5 Å². The lowest BCUT2D eigenvalue weighted by atomic mass is 9.96. The van der Waals surface area contributed by atoms with Gasteiger partial charge in [-0.25, -0.2) is 4.99 Å². The second-order valence-corrected chi connectivity index (χ2v) is 10.3. The van der Waals surface area contributed by atoms with Gasteiger partial charge in [0.1, 0.15) is 5.84 Å². The zero-order chi connectivity index (χ0) is 29.2. The molecule has 0 aliphatic carbocycles. The lowest BCUT2D eigenvalue weighted by Crippen LogP contribution is -2.29. The zero-order valence-electron chi connectivity index (χ0n) is 24.5. The maximum absolute atomic E-state index is 11.8. The first-order valence-electron chi connectivity index (χ1n) is 14.1. The molecule has 40 heavy (non-hydrogen) atoms. The Balaban J connectivity index is 2.04. The Morgan fingerprint density at radius 2 is 1.70 bits per heavy atom. The monoisotopic (exact) mass is 541 g/mol. The van der Waals surface area contributed by atoms with Gasteiger partial charge >= 0.3 is 0 Å². The van der Waals surface area contributed by atoms with Crippen molar-refractivity contribution in [1.29, 1.82) is 0 Å². The van der Waals surface area contributed by atoms with E-state index in [9.17, 15) is 9.59 Å². The smallest absolute Gasteiger partial charge is 0.236 e. The summed E-state index contributed by atoms with van der Waals surface area (Å²) in [7, 11) is 1.79. The van der Waals surface area contributed by atoms with Crippen molar-refractivity contribution in [2.75, 3.05) is 26.7 Å². The van der Waals surface area contributed by atoms with E-state index in [0.29, 0.717) is 17.8 Å². The molecule has 0 radical (unpaired) electrons. The molecule has 2 aromatic rings. The number of benzene rings is 2. The van der Waals surface area contributed by atoms with Gasteiger partial charge in [0.05, 0.1) is 12.2 Å². The highest BCUT2D eigenvalue weighted by atomic mass is 16.1. The van der Waals surface area contributed by atoms with Crippen LogP contribution in [0.15, 0.2) is 64.4 Å². The fraction of sp³-hybridized carbons (Fsp3) is 0.364. The number of rotatable bonds is 13. The third-order valence-electron chi connectivity index (χ3n) is 6.96. The molecule has 0 fully saturated rings. The van der Waals surface area contributed by atoms with Gasteiger partial charge in [-0.15, -0.1) is 0 Å². The molecule has 0 atom stereocenters. The van der Waals surface area contributed by atoms with Gasteiger partial charge in [-0.1, -0.05) is 51.1 Å². The molecule has 7 nitrogen and oxygen atoms in total. The number of fused-ring (bicyclic) bond motifs is 1. The molecule has 0 aromatic heterocycles. The molecule has 0 spiro atoms. The highest BCUT2D eigenvalue weighted by Gasteiger charge is 2.18. The summed E-state index contributed by atoms with van der Waals surface area (Å²) in [6, 6.07) is 12.0. The van der Waals surface area contributed by atoms with Crippen LogP contribution in [-0.2, 0) is 4.79 Å². The number of hydrogen-bond acceptors (Lipinski definition) is 6. The molecular formula is C33H43N5O2. The summed E-state index contributed by atoms with van der Waals surface area (Å²) in [5.41, 5.74) is 20.2. The lowest BCUT2D eigenvalue weighted by Gasteiger charge is -2.28. The molecule has 1 heterocycles. The molecule has 7 heteroatoms. The molecular weight excluding hydrogens is 498 g/mol. The van der Waals surface area contributed by atoms with Crippen LogP contribution in [0.25, 0.3) is 23.3 Å². The Morgan fingerprint density at radius 3 is 2.33 bits per heavy atom. The fourth-order valence-electron chi connectivity index (χ4n) is 4.96. The lowest BCUT2D eigenvalue weighted by molar-refractivity contribution is -0.118. The first kappa shape index (κ1) is 30.4. The minimum atomic E-state index is -0.414. The van der Waals surface area contributed by atoms with E-state index >= 15 is 0 Å². The molecule has 0 saturated carbocycles. The van der Waals surface area contributed by atoms with Gasteiger partial charge in [0.25, 0.3) is 0 Å². The molecule has 4 N–H and O–H groups in total. The van der Waals surface area contributed by atoms with E-state index in [0.717, 1.165) is 72.3 Å². The van der Waals surface area contributed by atoms with Crippen molar-refractivity contribution in [3.05, 3.63) is 76.1 Å². The Morgan fingerprint density at radius 1 is 1.02 bits per heavy atom. The van der Waals surface area contributed by atoms with Gasteiger partial charge in [-0.05, 0) is 72.7 Å². The predicted molar refractivity (Wildman–Crippen MR) is 167 cm³/mol. The number of nitrogens with two attached hydrogens (primary N) is 2. The minimum Gasteiger partial charge on any atom is -0.387 e. The summed E-state index contributed by atoms with van der Waals surface area (Å²) in [6.07, 6.45) is 11.0. The number of amides is 1. The Hall–Kier alpha value is -4.13. The van der Waals surface area contributed by atoms with Crippen LogP contribution in [0.5, 0.6) is 0 Å². The fourth-order valence-corrected chi connectivity index (χ4v) is 4.96. The van der Waals surface area contributed by atoms with Crippen LogP contribution in [0.4, 0.5) is 5.69 Å². The number of allylic oxidation sites excluding steroid dienone is 3. The molecule has 212 valence electrons. The Labute approximate surface area is 238 Å². The molecule has 0 unspecified atom stereocenters. The van der Waals surface area contributed by atoms with Gasteiger partial charge in [0, 0.05) is 49.1 Å². The number of aliphatic imine (C=N–C) groups is 1. The second-order valence-electron chi connectivity index (χ2n) is 10.3. The highest BCUT2D eigenvalue weighted by molar-refractivity contribution is 5.92. The molecule has 2 aromatic carbocycles. The van der Waals surface area contributed by atoms with Gasteiger partial charge in [0.2, 0.25) is 5.91 Å². The van der Waals surface area contributed by atoms with Crippen LogP contribution in [0.2, 0.25) is 0 Å². The number of likely N-dealkylation sites (N-methyl/N-ethyl adjacent to an activating group) is 1. The summed E-state index contributed by atoms with van der Waals surface area (Å²) >= 11 is 0. The van der Waals surface area contributed by atoms with E-state index in [1.54, 1.807) is 11.9 Å². The van der Waals surface area contributed by atoms with E-state index in [1.807, 2.05) is 31.2 Å². The van der Waals surface area contributed by atoms with Crippen LogP contribution in [0.3, 0.4) is 0 Å². The van der Waals surface area contributed by atoms with Crippen LogP contribution >= 0.6 is 0 Å². The van der Waals surface area contributed by atoms with Crippen molar-refractivity contribution in [3.63, 3.8) is 0 Å². The number of nitrogens with zero attached hydrogens (tertiary/aromatic N) is 3. The number of primary amides is 1. The maximum Gasteiger partial charge on any atom is 0.236 e.